The number of ether oxygens (including phenoxy) is 1. The summed E-state index contributed by atoms with van der Waals surface area (Å²) in [6.07, 6.45) is 1.38. The highest BCUT2D eigenvalue weighted by Crippen LogP contribution is 2.35. The van der Waals surface area contributed by atoms with Crippen molar-refractivity contribution in [2.45, 2.75) is 6.61 Å². The number of carbonyl (C=O) groups is 1. The Labute approximate surface area is 193 Å². The molecular weight excluding hydrogens is 453 g/mol. The highest BCUT2D eigenvalue weighted by molar-refractivity contribution is 6.40. The van der Waals surface area contributed by atoms with E-state index in [-0.39, 0.29) is 27.0 Å². The number of non-ortho nitro benzene ring substituents is 1. The van der Waals surface area contributed by atoms with Crippen LogP contribution in [-0.2, 0) is 11.4 Å². The quantitative estimate of drug-likeness (QED) is 0.197. The maximum absolute atomic E-state index is 12.7. The number of hydrogen-bond donors (Lipinski definition) is 1. The lowest BCUT2D eigenvalue weighted by Gasteiger charge is -2.11. The molecule has 0 fully saturated rings. The van der Waals surface area contributed by atoms with Gasteiger partial charge in [0.2, 0.25) is 0 Å². The second-order valence-corrected chi connectivity index (χ2v) is 7.29. The van der Waals surface area contributed by atoms with Crippen LogP contribution < -0.4 is 10.1 Å². The summed E-state index contributed by atoms with van der Waals surface area (Å²) in [4.78, 5) is 22.9. The van der Waals surface area contributed by atoms with Crippen LogP contribution in [0.4, 0.5) is 11.4 Å². The van der Waals surface area contributed by atoms with Crippen LogP contribution in [0.1, 0.15) is 11.1 Å². The Morgan fingerprint density at radius 2 is 1.72 bits per heavy atom. The molecule has 0 radical (unpaired) electrons. The third kappa shape index (κ3) is 5.64. The van der Waals surface area contributed by atoms with Crippen LogP contribution in [0, 0.1) is 21.4 Å². The molecule has 0 bridgehead atoms. The SMILES string of the molecule is N#C/C(=C\c1ccccc1OCc1ccccc1)C(=O)Nc1c(Cl)cc([N+](=O)[O-])cc1Cl. The van der Waals surface area contributed by atoms with Gasteiger partial charge in [-0.05, 0) is 17.7 Å². The summed E-state index contributed by atoms with van der Waals surface area (Å²) in [6, 6.07) is 20.5. The van der Waals surface area contributed by atoms with E-state index in [4.69, 9.17) is 27.9 Å². The summed E-state index contributed by atoms with van der Waals surface area (Å²) in [5, 5.41) is 22.6. The number of hydrogen-bond acceptors (Lipinski definition) is 5. The lowest BCUT2D eigenvalue weighted by molar-refractivity contribution is -0.384. The van der Waals surface area contributed by atoms with E-state index < -0.39 is 10.8 Å². The molecule has 3 rings (SSSR count). The van der Waals surface area contributed by atoms with Gasteiger partial charge in [-0.15, -0.1) is 0 Å². The van der Waals surface area contributed by atoms with E-state index in [9.17, 15) is 20.2 Å². The smallest absolute Gasteiger partial charge is 0.272 e. The van der Waals surface area contributed by atoms with Crippen LogP contribution in [0.2, 0.25) is 10.0 Å². The molecule has 0 spiro atoms. The number of nitro groups is 1. The van der Waals surface area contributed by atoms with E-state index in [1.54, 1.807) is 24.3 Å². The van der Waals surface area contributed by atoms with Gasteiger partial charge < -0.3 is 10.1 Å². The predicted octanol–water partition coefficient (Wildman–Crippen LogP) is 6.03. The molecule has 1 N–H and O–H groups in total. The van der Waals surface area contributed by atoms with Gasteiger partial charge in [-0.25, -0.2) is 0 Å². The Balaban J connectivity index is 1.83. The summed E-state index contributed by atoms with van der Waals surface area (Å²) in [5.41, 5.74) is 0.909. The largest absolute Gasteiger partial charge is 0.488 e. The zero-order valence-electron chi connectivity index (χ0n) is 16.4. The molecule has 0 saturated carbocycles. The molecule has 0 aliphatic carbocycles. The second kappa shape index (κ2) is 10.4. The summed E-state index contributed by atoms with van der Waals surface area (Å²) >= 11 is 12.1. The van der Waals surface area contributed by atoms with Crippen LogP contribution in [0.15, 0.2) is 72.3 Å². The Morgan fingerprint density at radius 3 is 2.34 bits per heavy atom. The molecule has 9 heteroatoms. The molecule has 32 heavy (non-hydrogen) atoms. The molecule has 7 nitrogen and oxygen atoms in total. The molecule has 0 unspecified atom stereocenters. The standard InChI is InChI=1S/C23H15Cl2N3O4/c24-19-11-18(28(30)31)12-20(25)22(19)27-23(29)17(13-26)10-16-8-4-5-9-21(16)32-14-15-6-2-1-3-7-15/h1-12H,14H2,(H,27,29)/b17-10+. The highest BCUT2D eigenvalue weighted by Gasteiger charge is 2.18. The van der Waals surface area contributed by atoms with E-state index in [2.05, 4.69) is 5.32 Å². The van der Waals surface area contributed by atoms with Gasteiger partial charge in [0, 0.05) is 17.7 Å². The topological polar surface area (TPSA) is 105 Å². The molecule has 0 saturated heterocycles. The van der Waals surface area contributed by atoms with Gasteiger partial charge in [-0.2, -0.15) is 5.26 Å². The van der Waals surface area contributed by atoms with Gasteiger partial charge >= 0.3 is 0 Å². The number of nitrogens with zero attached hydrogens (tertiary/aromatic N) is 2. The predicted molar refractivity (Wildman–Crippen MR) is 123 cm³/mol. The molecule has 1 amide bonds. The van der Waals surface area contributed by atoms with Gasteiger partial charge in [0.05, 0.1) is 20.7 Å². The Hall–Kier alpha value is -3.86. The Bertz CT molecular complexity index is 1210. The highest BCUT2D eigenvalue weighted by atomic mass is 35.5. The monoisotopic (exact) mass is 467 g/mol. The minimum atomic E-state index is -0.775. The zero-order chi connectivity index (χ0) is 23.1. The molecular formula is C23H15Cl2N3O4. The van der Waals surface area contributed by atoms with Crippen molar-refractivity contribution in [2.75, 3.05) is 5.32 Å². The average Bonchev–Trinajstić information content (AvgIpc) is 2.79. The van der Waals surface area contributed by atoms with Gasteiger partial charge in [-0.3, -0.25) is 14.9 Å². The van der Waals surface area contributed by atoms with Gasteiger partial charge in [0.1, 0.15) is 24.0 Å². The summed E-state index contributed by atoms with van der Waals surface area (Å²) < 4.78 is 5.85. The van der Waals surface area contributed by atoms with Gasteiger partial charge in [0.25, 0.3) is 11.6 Å². The molecule has 0 aliphatic rings. The first-order valence-electron chi connectivity index (χ1n) is 9.21. The lowest BCUT2D eigenvalue weighted by Crippen LogP contribution is -2.14. The molecule has 3 aromatic carbocycles. The molecule has 0 aliphatic heterocycles. The number of nitrogens with one attached hydrogen (secondary N) is 1. The van der Waals surface area contributed by atoms with E-state index >= 15 is 0 Å². The number of carbonyl (C=O) groups excluding carboxylic acids is 1. The van der Waals surface area contributed by atoms with E-state index in [1.165, 1.54) is 6.08 Å². The van der Waals surface area contributed by atoms with Crippen LogP contribution in [-0.4, -0.2) is 10.8 Å². The number of benzene rings is 3. The van der Waals surface area contributed by atoms with Crippen molar-refractivity contribution >= 4 is 46.6 Å². The number of nitro benzene ring substituents is 1. The first-order valence-corrected chi connectivity index (χ1v) is 9.97. The number of halogens is 2. The first kappa shape index (κ1) is 22.8. The minimum Gasteiger partial charge on any atom is -0.488 e. The molecule has 3 aromatic rings. The lowest BCUT2D eigenvalue weighted by atomic mass is 10.1. The fourth-order valence-electron chi connectivity index (χ4n) is 2.74. The number of amides is 1. The van der Waals surface area contributed by atoms with Crippen molar-refractivity contribution in [1.29, 1.82) is 5.26 Å². The number of nitriles is 1. The van der Waals surface area contributed by atoms with Crippen molar-refractivity contribution < 1.29 is 14.5 Å². The van der Waals surface area contributed by atoms with Crippen LogP contribution in [0.3, 0.4) is 0 Å². The van der Waals surface area contributed by atoms with Crippen molar-refractivity contribution in [1.82, 2.24) is 0 Å². The molecule has 160 valence electrons. The Morgan fingerprint density at radius 1 is 1.09 bits per heavy atom. The second-order valence-electron chi connectivity index (χ2n) is 6.48. The number of anilines is 1. The van der Waals surface area contributed by atoms with Crippen molar-refractivity contribution in [2.24, 2.45) is 0 Å². The summed E-state index contributed by atoms with van der Waals surface area (Å²) in [5.74, 6) is -0.286. The van der Waals surface area contributed by atoms with Crippen LogP contribution >= 0.6 is 23.2 Å². The third-order valence-electron chi connectivity index (χ3n) is 4.30. The maximum Gasteiger partial charge on any atom is 0.272 e. The molecule has 0 atom stereocenters. The third-order valence-corrected chi connectivity index (χ3v) is 4.89. The maximum atomic E-state index is 12.7. The summed E-state index contributed by atoms with van der Waals surface area (Å²) in [7, 11) is 0. The first-order chi connectivity index (χ1) is 15.4. The fraction of sp³-hybridized carbons (Fsp3) is 0.0435. The van der Waals surface area contributed by atoms with Crippen LogP contribution in [0.25, 0.3) is 6.08 Å². The zero-order valence-corrected chi connectivity index (χ0v) is 17.9. The van der Waals surface area contributed by atoms with Crippen molar-refractivity contribution in [3.8, 4) is 11.8 Å². The van der Waals surface area contributed by atoms with E-state index in [0.717, 1.165) is 17.7 Å². The van der Waals surface area contributed by atoms with E-state index in [0.29, 0.717) is 17.9 Å². The summed E-state index contributed by atoms with van der Waals surface area (Å²) in [6.45, 7) is 0.313. The van der Waals surface area contributed by atoms with Gasteiger partial charge in [-0.1, -0.05) is 71.7 Å². The molecule has 0 heterocycles. The Kier molecular flexibility index (Phi) is 7.45. The van der Waals surface area contributed by atoms with Gasteiger partial charge in [0.15, 0.2) is 0 Å². The average molecular weight is 468 g/mol. The number of para-hydroxylation sites is 1. The van der Waals surface area contributed by atoms with E-state index in [1.807, 2.05) is 36.4 Å². The molecule has 0 aromatic heterocycles. The normalized spacial score (nSPS) is 10.8. The minimum absolute atomic E-state index is 0.0290. The van der Waals surface area contributed by atoms with Crippen LogP contribution in [0.5, 0.6) is 5.75 Å². The number of rotatable bonds is 7. The van der Waals surface area contributed by atoms with Crippen molar-refractivity contribution in [3.63, 3.8) is 0 Å². The van der Waals surface area contributed by atoms with Crippen molar-refractivity contribution in [3.05, 3.63) is 104 Å². The fourth-order valence-corrected chi connectivity index (χ4v) is 3.31.